The van der Waals surface area contributed by atoms with Gasteiger partial charge in [-0.2, -0.15) is 0 Å². The fourth-order valence-corrected chi connectivity index (χ4v) is 1.36. The number of aromatic nitrogens is 2. The Labute approximate surface area is 75.0 Å². The van der Waals surface area contributed by atoms with Crippen LogP contribution in [0, 0.1) is 0 Å². The standard InChI is InChI=1S/C9H9N3O/c10-8-3-1-2-7-6-11-9(4-5-13)12(7)8/h1-3,5-6H,4,10H2. The fraction of sp³-hybridized carbons (Fsp3) is 0.111. The quantitative estimate of drug-likeness (QED) is 0.682. The van der Waals surface area contributed by atoms with Crippen molar-refractivity contribution in [1.29, 1.82) is 0 Å². The highest BCUT2D eigenvalue weighted by molar-refractivity contribution is 5.58. The number of anilines is 1. The fourth-order valence-electron chi connectivity index (χ4n) is 1.36. The first-order valence-corrected chi connectivity index (χ1v) is 3.97. The summed E-state index contributed by atoms with van der Waals surface area (Å²) in [4.78, 5) is 14.4. The van der Waals surface area contributed by atoms with Crippen LogP contribution in [0.3, 0.4) is 0 Å². The third kappa shape index (κ3) is 1.16. The van der Waals surface area contributed by atoms with Crippen LogP contribution in [0.25, 0.3) is 5.52 Å². The van der Waals surface area contributed by atoms with Gasteiger partial charge in [0.15, 0.2) is 0 Å². The molecule has 0 bridgehead atoms. The summed E-state index contributed by atoms with van der Waals surface area (Å²) in [7, 11) is 0. The second kappa shape index (κ2) is 2.90. The average Bonchev–Trinajstić information content (AvgIpc) is 2.51. The number of nitrogens with zero attached hydrogens (tertiary/aromatic N) is 2. The van der Waals surface area contributed by atoms with E-state index in [2.05, 4.69) is 4.98 Å². The monoisotopic (exact) mass is 175 g/mol. The lowest BCUT2D eigenvalue weighted by Crippen LogP contribution is -2.01. The zero-order valence-electron chi connectivity index (χ0n) is 6.97. The molecule has 66 valence electrons. The summed E-state index contributed by atoms with van der Waals surface area (Å²) < 4.78 is 1.77. The number of rotatable bonds is 2. The Morgan fingerprint density at radius 2 is 2.38 bits per heavy atom. The lowest BCUT2D eigenvalue weighted by Gasteiger charge is -2.01. The van der Waals surface area contributed by atoms with Crippen LogP contribution < -0.4 is 5.73 Å². The molecule has 0 atom stereocenters. The first-order chi connectivity index (χ1) is 6.33. The maximum absolute atomic E-state index is 10.3. The third-order valence-electron chi connectivity index (χ3n) is 1.92. The van der Waals surface area contributed by atoms with Gasteiger partial charge in [-0.05, 0) is 12.1 Å². The second-order valence-corrected chi connectivity index (χ2v) is 2.76. The molecule has 0 radical (unpaired) electrons. The van der Waals surface area contributed by atoms with Gasteiger partial charge in [-0.25, -0.2) is 4.98 Å². The van der Waals surface area contributed by atoms with E-state index in [1.54, 1.807) is 16.7 Å². The van der Waals surface area contributed by atoms with E-state index in [9.17, 15) is 4.79 Å². The largest absolute Gasteiger partial charge is 0.385 e. The minimum absolute atomic E-state index is 0.294. The Bertz CT molecular complexity index is 447. The summed E-state index contributed by atoms with van der Waals surface area (Å²) in [6, 6.07) is 5.54. The van der Waals surface area contributed by atoms with E-state index in [0.717, 1.165) is 11.8 Å². The SMILES string of the molecule is Nc1cccc2cnc(CC=O)n12. The Morgan fingerprint density at radius 3 is 3.15 bits per heavy atom. The molecule has 13 heavy (non-hydrogen) atoms. The molecule has 0 fully saturated rings. The molecule has 2 aromatic rings. The second-order valence-electron chi connectivity index (χ2n) is 2.76. The van der Waals surface area contributed by atoms with E-state index < -0.39 is 0 Å². The zero-order chi connectivity index (χ0) is 9.26. The van der Waals surface area contributed by atoms with Crippen LogP contribution in [-0.4, -0.2) is 15.7 Å². The van der Waals surface area contributed by atoms with Crippen molar-refractivity contribution < 1.29 is 4.79 Å². The lowest BCUT2D eigenvalue weighted by atomic mass is 10.4. The number of imidazole rings is 1. The highest BCUT2D eigenvalue weighted by Crippen LogP contribution is 2.11. The number of nitrogen functional groups attached to an aromatic ring is 1. The lowest BCUT2D eigenvalue weighted by molar-refractivity contribution is -0.107. The van der Waals surface area contributed by atoms with Gasteiger partial charge in [0, 0.05) is 0 Å². The van der Waals surface area contributed by atoms with Crippen molar-refractivity contribution in [3.05, 3.63) is 30.2 Å². The molecule has 2 N–H and O–H groups in total. The maximum atomic E-state index is 10.3. The van der Waals surface area contributed by atoms with Crippen molar-refractivity contribution in [3.8, 4) is 0 Å². The van der Waals surface area contributed by atoms with E-state index in [4.69, 9.17) is 5.73 Å². The van der Waals surface area contributed by atoms with Crippen LogP contribution in [0.15, 0.2) is 24.4 Å². The van der Waals surface area contributed by atoms with Crippen LogP contribution in [-0.2, 0) is 11.2 Å². The van der Waals surface area contributed by atoms with E-state index >= 15 is 0 Å². The normalized spacial score (nSPS) is 10.5. The maximum Gasteiger partial charge on any atom is 0.127 e. The molecule has 2 aromatic heterocycles. The number of pyridine rings is 1. The molecule has 2 heterocycles. The van der Waals surface area contributed by atoms with Gasteiger partial charge in [0.05, 0.1) is 18.1 Å². The number of carbonyl (C=O) groups is 1. The number of fused-ring (bicyclic) bond motifs is 1. The summed E-state index contributed by atoms with van der Waals surface area (Å²) >= 11 is 0. The molecule has 0 unspecified atom stereocenters. The number of nitrogens with two attached hydrogens (primary N) is 1. The highest BCUT2D eigenvalue weighted by atomic mass is 16.1. The molecule has 4 heteroatoms. The van der Waals surface area contributed by atoms with Crippen molar-refractivity contribution in [2.75, 3.05) is 5.73 Å². The Kier molecular flexibility index (Phi) is 1.73. The molecule has 0 saturated carbocycles. The van der Waals surface area contributed by atoms with Gasteiger partial charge >= 0.3 is 0 Å². The van der Waals surface area contributed by atoms with E-state index in [0.29, 0.717) is 18.1 Å². The van der Waals surface area contributed by atoms with Gasteiger partial charge in [0.2, 0.25) is 0 Å². The smallest absolute Gasteiger partial charge is 0.127 e. The predicted molar refractivity (Wildman–Crippen MR) is 49.4 cm³/mol. The zero-order valence-corrected chi connectivity index (χ0v) is 6.97. The predicted octanol–water partition coefficient (Wildman–Crippen LogP) is 0.658. The van der Waals surface area contributed by atoms with E-state index in [1.165, 1.54) is 0 Å². The van der Waals surface area contributed by atoms with Gasteiger partial charge in [0.1, 0.15) is 17.9 Å². The van der Waals surface area contributed by atoms with Crippen molar-refractivity contribution in [1.82, 2.24) is 9.38 Å². The molecule has 0 aromatic carbocycles. The van der Waals surface area contributed by atoms with Crippen LogP contribution in [0.1, 0.15) is 5.82 Å². The Hall–Kier alpha value is -1.84. The molecule has 2 rings (SSSR count). The minimum atomic E-state index is 0.294. The van der Waals surface area contributed by atoms with Crippen LogP contribution in [0.5, 0.6) is 0 Å². The van der Waals surface area contributed by atoms with Crippen molar-refractivity contribution in [3.63, 3.8) is 0 Å². The van der Waals surface area contributed by atoms with Gasteiger partial charge in [-0.15, -0.1) is 0 Å². The van der Waals surface area contributed by atoms with Crippen LogP contribution in [0.4, 0.5) is 5.82 Å². The minimum Gasteiger partial charge on any atom is -0.385 e. The average molecular weight is 175 g/mol. The topological polar surface area (TPSA) is 60.4 Å². The third-order valence-corrected chi connectivity index (χ3v) is 1.92. The number of hydrogen-bond donors (Lipinski definition) is 1. The van der Waals surface area contributed by atoms with Gasteiger partial charge in [0.25, 0.3) is 0 Å². The molecular formula is C9H9N3O. The summed E-state index contributed by atoms with van der Waals surface area (Å²) in [6.07, 6.45) is 2.82. The molecule has 0 aliphatic heterocycles. The van der Waals surface area contributed by atoms with Gasteiger partial charge in [-0.1, -0.05) is 6.07 Å². The molecule has 0 aliphatic carbocycles. The van der Waals surface area contributed by atoms with Gasteiger partial charge in [-0.3, -0.25) is 4.40 Å². The Balaban J connectivity index is 2.70. The molecule has 0 amide bonds. The summed E-state index contributed by atoms with van der Waals surface area (Å²) in [5.74, 6) is 1.29. The van der Waals surface area contributed by atoms with Gasteiger partial charge < -0.3 is 10.5 Å². The van der Waals surface area contributed by atoms with Crippen LogP contribution >= 0.6 is 0 Å². The summed E-state index contributed by atoms with van der Waals surface area (Å²) in [5.41, 5.74) is 6.65. The molecular weight excluding hydrogens is 166 g/mol. The summed E-state index contributed by atoms with van der Waals surface area (Å²) in [6.45, 7) is 0. The van der Waals surface area contributed by atoms with E-state index in [-0.39, 0.29) is 0 Å². The first-order valence-electron chi connectivity index (χ1n) is 3.97. The summed E-state index contributed by atoms with van der Waals surface area (Å²) in [5, 5.41) is 0. The van der Waals surface area contributed by atoms with Crippen molar-refractivity contribution in [2.45, 2.75) is 6.42 Å². The number of aldehydes is 1. The molecule has 0 spiro atoms. The molecule has 0 aliphatic rings. The van der Waals surface area contributed by atoms with Crippen molar-refractivity contribution >= 4 is 17.6 Å². The van der Waals surface area contributed by atoms with E-state index in [1.807, 2.05) is 12.1 Å². The van der Waals surface area contributed by atoms with Crippen LogP contribution in [0.2, 0.25) is 0 Å². The number of hydrogen-bond acceptors (Lipinski definition) is 3. The Morgan fingerprint density at radius 1 is 1.54 bits per heavy atom. The van der Waals surface area contributed by atoms with Crippen molar-refractivity contribution in [2.24, 2.45) is 0 Å². The molecule has 4 nitrogen and oxygen atoms in total. The number of carbonyl (C=O) groups excluding carboxylic acids is 1. The first kappa shape index (κ1) is 7.79. The highest BCUT2D eigenvalue weighted by Gasteiger charge is 2.03. The molecule has 0 saturated heterocycles.